The number of nitrogens with one attached hydrogen (secondary N) is 1. The van der Waals surface area contributed by atoms with Gasteiger partial charge in [-0.05, 0) is 255 Å². The van der Waals surface area contributed by atoms with Crippen LogP contribution in [0.15, 0.2) is 206 Å². The Labute approximate surface area is 810 Å². The maximum atomic E-state index is 14.2. The second kappa shape index (κ2) is 46.8. The maximum absolute atomic E-state index is 14.2. The quantitative estimate of drug-likeness (QED) is 0.0136. The van der Waals surface area contributed by atoms with Crippen LogP contribution in [0.1, 0.15) is 194 Å². The molecule has 2 aliphatic rings. The van der Waals surface area contributed by atoms with Crippen LogP contribution < -0.4 is 38.6 Å². The van der Waals surface area contributed by atoms with Crippen molar-refractivity contribution in [3.63, 3.8) is 0 Å². The number of nitrogens with zero attached hydrogens (tertiary/aromatic N) is 9. The lowest BCUT2D eigenvalue weighted by molar-refractivity contribution is -0.156. The first kappa shape index (κ1) is 107. The number of aromatic nitrogens is 9. The van der Waals surface area contributed by atoms with Crippen molar-refractivity contribution in [2.24, 2.45) is 34.6 Å². The number of fused-ring (bicyclic) bond motifs is 3. The van der Waals surface area contributed by atoms with Crippen molar-refractivity contribution >= 4 is 65.1 Å². The molecular weight excluding hydrogens is 1950 g/mol. The molecule has 5 amide bonds. The van der Waals surface area contributed by atoms with Crippen molar-refractivity contribution in [3.05, 3.63) is 360 Å². The molecule has 1 saturated carbocycles. The molecular formula is C99H87BBrF15N15O11. The van der Waals surface area contributed by atoms with Gasteiger partial charge < -0.3 is 57.7 Å². The van der Waals surface area contributed by atoms with Crippen molar-refractivity contribution in [1.82, 2.24) is 49.8 Å². The smallest absolute Gasteiger partial charge is 0.537 e. The fourth-order valence-corrected chi connectivity index (χ4v) is 16.3. The Hall–Kier alpha value is -15.1. The van der Waals surface area contributed by atoms with Gasteiger partial charge in [-0.2, -0.15) is 13.2 Å². The van der Waals surface area contributed by atoms with E-state index < -0.39 is 170 Å². The first-order chi connectivity index (χ1) is 66.9. The summed E-state index contributed by atoms with van der Waals surface area (Å²) in [5.74, 6) is -15.4. The van der Waals surface area contributed by atoms with E-state index in [-0.39, 0.29) is 101 Å². The standard InChI is InChI=1S/C30H23F6N5O2.C25H24F3N3O3.C19H15F3N4O.C18H19BrF2N2O2.C7H6BFNO3/c31-17-3-14(4-18(32)9-17)5-24(28-21(10-38-13-39-28)15-1-2-23(33)20(6-15)29(37)43)40-26(42)12-41-11-22(30(34,35)36)27-19-7-16(19)8-25(27)41;1-25(2,3)34-22(32)10-16(6-14-7-17(26)11-18(27)8-14)23-20(12-30-13-31-23)15-4-5-21(28)19(9-15)24(29)33;20-12-3-10(4-13(21)7-12)5-17(23)18-15(8-25-9-26-18)11-1-2-16(22)14(6-11)19(24)27;1-18(2,3)25-16(24)7-12(17-15(19)9-22-10-23-17)4-11-5-13(20)8-14(21)6-11;9-6-2-1-4(13-8-12)3-5(6)7(10)11/h1-4,6,9-11,13,16,19,24H,5,7-8,12H2,(H2,37,43)(H,40,42);4-5,7-9,11-13,16H,6,10H2,1-3H3,(H2,29,33);1-4,6-9,17H,5,23H2,(H2,24,27);5-6,8-10,12H,4,7H2,1-3H3;1-3,12H,(H2,10,11)/t16?,19?,24-;16-;17-;12-;/m0101./s1. The molecule has 12 N–H and O–H groups in total. The number of carbonyl (C=O) groups excluding carboxylic acids is 7. The second-order valence-electron chi connectivity index (χ2n) is 34.6. The van der Waals surface area contributed by atoms with Gasteiger partial charge in [0.15, 0.2) is 0 Å². The molecule has 142 heavy (non-hydrogen) atoms. The van der Waals surface area contributed by atoms with Crippen LogP contribution in [0.2, 0.25) is 0 Å². The number of ether oxygens (including phenoxy) is 2. The molecule has 5 aromatic heterocycles. The van der Waals surface area contributed by atoms with Gasteiger partial charge in [-0.25, -0.2) is 92.6 Å². The second-order valence-corrected chi connectivity index (χ2v) is 35.4. The third-order valence-corrected chi connectivity index (χ3v) is 22.2. The summed E-state index contributed by atoms with van der Waals surface area (Å²) in [6, 6.07) is 25.2. The van der Waals surface area contributed by atoms with Crippen LogP contribution in [-0.2, 0) is 68.7 Å². The zero-order valence-corrected chi connectivity index (χ0v) is 77.5. The molecule has 2 aliphatic carbocycles. The average Bonchev–Trinajstić information content (AvgIpc) is 1.55. The lowest BCUT2D eigenvalue weighted by atomic mass is 9.88. The number of primary amides is 4. The fraction of sp³-hybridized carbons (Fsp3) is 0.242. The summed E-state index contributed by atoms with van der Waals surface area (Å²) in [7, 11) is 0.429. The third-order valence-electron chi connectivity index (χ3n) is 21.6. The molecule has 1 fully saturated rings. The van der Waals surface area contributed by atoms with Crippen LogP contribution in [0.3, 0.4) is 0 Å². The number of carbonyl (C=O) groups is 7. The number of nitrogens with two attached hydrogens (primary N) is 5. The van der Waals surface area contributed by atoms with Gasteiger partial charge in [0.05, 0.1) is 80.0 Å². The highest BCUT2D eigenvalue weighted by atomic mass is 79.9. The topological polar surface area (TPSA) is 418 Å². The summed E-state index contributed by atoms with van der Waals surface area (Å²) >= 11 is 3.37. The summed E-state index contributed by atoms with van der Waals surface area (Å²) in [4.78, 5) is 117. The Morgan fingerprint density at radius 1 is 0.465 bits per heavy atom. The number of amides is 5. The van der Waals surface area contributed by atoms with Crippen molar-refractivity contribution in [2.45, 2.75) is 147 Å². The summed E-state index contributed by atoms with van der Waals surface area (Å²) in [5.41, 5.74) is 29.2. The van der Waals surface area contributed by atoms with E-state index in [9.17, 15) is 99.4 Å². The van der Waals surface area contributed by atoms with E-state index in [0.29, 0.717) is 92.8 Å². The predicted molar refractivity (Wildman–Crippen MR) is 490 cm³/mol. The van der Waals surface area contributed by atoms with E-state index in [1.165, 1.54) is 127 Å². The Morgan fingerprint density at radius 3 is 1.21 bits per heavy atom. The van der Waals surface area contributed by atoms with Gasteiger partial charge in [0, 0.05) is 89.5 Å². The molecule has 0 bridgehead atoms. The number of benzene rings is 8. The van der Waals surface area contributed by atoms with Gasteiger partial charge in [0.25, 0.3) is 23.6 Å². The van der Waals surface area contributed by atoms with E-state index in [0.717, 1.165) is 66.9 Å². The van der Waals surface area contributed by atoms with Gasteiger partial charge in [0.1, 0.15) is 119 Å². The minimum atomic E-state index is -4.57. The number of alkyl halides is 3. The van der Waals surface area contributed by atoms with Crippen LogP contribution in [0.5, 0.6) is 5.75 Å². The highest BCUT2D eigenvalue weighted by Gasteiger charge is 2.52. The van der Waals surface area contributed by atoms with E-state index in [4.69, 9.17) is 43.2 Å². The summed E-state index contributed by atoms with van der Waals surface area (Å²) in [5, 5.41) is 11.0. The monoisotopic (exact) mass is 2040 g/mol. The van der Waals surface area contributed by atoms with E-state index >= 15 is 0 Å². The highest BCUT2D eigenvalue weighted by Crippen LogP contribution is 2.60. The largest absolute Gasteiger partial charge is 0.569 e. The van der Waals surface area contributed by atoms with E-state index in [2.05, 4.69) is 65.8 Å². The van der Waals surface area contributed by atoms with E-state index in [1.807, 2.05) is 0 Å². The van der Waals surface area contributed by atoms with Crippen LogP contribution in [0, 0.1) is 75.7 Å². The SMILES string of the molecule is CC(C)(C)OC(=O)C[C@@H](Cc1cc(F)cc(F)c1)c1ncncc1-c1ccc(F)c(C(N)=O)c1.CC(C)(C)OC(=O)C[C@@H](Cc1cc(F)cc(F)c1)c1ncncc1Br.NC(=O)c1cc(-c2cncnc2[C@@H](N)Cc2cc(F)cc(F)c2)ccc1F.NC(=O)c1cc(-c2cncnc2[C@H](Cc2cc(F)cc(F)c2)NC(=O)Cn2cc(C(F)(F)F)c3c2CC2CC32)ccc1F.NC(=O)c1cc(O[B]O)ccc1F. The molecule has 0 saturated heterocycles. The average molecular weight is 2040 g/mol. The van der Waals surface area contributed by atoms with Crippen LogP contribution in [-0.4, -0.2) is 110 Å². The van der Waals surface area contributed by atoms with Gasteiger partial charge in [-0.1, -0.05) is 18.2 Å². The lowest BCUT2D eigenvalue weighted by Crippen LogP contribution is -2.34. The molecule has 0 spiro atoms. The first-order valence-electron chi connectivity index (χ1n) is 42.9. The lowest BCUT2D eigenvalue weighted by Gasteiger charge is -2.23. The van der Waals surface area contributed by atoms with Crippen molar-refractivity contribution in [2.75, 3.05) is 0 Å². The zero-order chi connectivity index (χ0) is 104. The Kier molecular flexibility index (Phi) is 35.3. The zero-order valence-electron chi connectivity index (χ0n) is 75.9. The molecule has 13 aromatic rings. The molecule has 1 radical (unpaired) electrons. The molecule has 15 rings (SSSR count). The normalized spacial score (nSPS) is 13.7. The number of hydrogen-bond donors (Lipinski definition) is 7. The summed E-state index contributed by atoms with van der Waals surface area (Å²) in [6.07, 6.45) is 8.57. The van der Waals surface area contributed by atoms with Crippen molar-refractivity contribution < 1.29 is 119 Å². The minimum absolute atomic E-state index is 0.0328. The molecule has 26 nitrogen and oxygen atoms in total. The Morgan fingerprint density at radius 2 is 0.817 bits per heavy atom. The first-order valence-corrected chi connectivity index (χ1v) is 43.7. The molecule has 2 unspecified atom stereocenters. The molecule has 43 heteroatoms. The molecule has 6 atom stereocenters. The van der Waals surface area contributed by atoms with E-state index in [1.54, 1.807) is 47.7 Å². The highest BCUT2D eigenvalue weighted by molar-refractivity contribution is 9.10. The van der Waals surface area contributed by atoms with Gasteiger partial charge in [-0.15, -0.1) is 0 Å². The Balaban J connectivity index is 0.000000176. The number of esters is 2. The Bertz CT molecular complexity index is 6800. The molecule has 739 valence electrons. The summed E-state index contributed by atoms with van der Waals surface area (Å²) < 4.78 is 223. The maximum Gasteiger partial charge on any atom is 0.569 e. The molecule has 0 aliphatic heterocycles. The number of hydrogen-bond acceptors (Lipinski definition) is 20. The summed E-state index contributed by atoms with van der Waals surface area (Å²) in [6.45, 7) is 10.1. The van der Waals surface area contributed by atoms with Crippen molar-refractivity contribution in [1.29, 1.82) is 0 Å². The third kappa shape index (κ3) is 29.7. The van der Waals surface area contributed by atoms with Crippen molar-refractivity contribution in [3.8, 4) is 39.1 Å². The predicted octanol–water partition coefficient (Wildman–Crippen LogP) is 17.3. The van der Waals surface area contributed by atoms with Gasteiger partial charge in [-0.3, -0.25) is 33.6 Å². The minimum Gasteiger partial charge on any atom is -0.537 e. The van der Waals surface area contributed by atoms with Crippen LogP contribution in [0.4, 0.5) is 65.9 Å². The van der Waals surface area contributed by atoms with Gasteiger partial charge >= 0.3 is 25.8 Å². The number of halogens is 16. The van der Waals surface area contributed by atoms with Gasteiger partial charge in [0.2, 0.25) is 5.91 Å². The fourth-order valence-electron chi connectivity index (χ4n) is 15.8. The molecule has 5 heterocycles. The molecule has 8 aromatic carbocycles. The van der Waals surface area contributed by atoms with Crippen LogP contribution in [0.25, 0.3) is 33.4 Å². The number of rotatable bonds is 28. The van der Waals surface area contributed by atoms with Crippen LogP contribution >= 0.6 is 15.9 Å².